The molecule has 0 atom stereocenters. The first kappa shape index (κ1) is 20.2. The average Bonchev–Trinajstić information content (AvgIpc) is 3.07. The molecular formula is C23H30N6O. The number of rotatable bonds is 7. The average molecular weight is 407 g/mol. The molecule has 0 bridgehead atoms. The van der Waals surface area contributed by atoms with Crippen molar-refractivity contribution >= 4 is 28.4 Å². The Bertz CT molecular complexity index is 1020. The van der Waals surface area contributed by atoms with E-state index >= 15 is 0 Å². The third-order valence-corrected chi connectivity index (χ3v) is 5.59. The van der Waals surface area contributed by atoms with Gasteiger partial charge in [-0.15, -0.1) is 0 Å². The van der Waals surface area contributed by atoms with Crippen LogP contribution in [0, 0.1) is 6.92 Å². The van der Waals surface area contributed by atoms with Gasteiger partial charge in [0.15, 0.2) is 0 Å². The van der Waals surface area contributed by atoms with E-state index in [1.54, 1.807) is 0 Å². The van der Waals surface area contributed by atoms with Crippen LogP contribution >= 0.6 is 0 Å². The molecule has 1 amide bonds. The molecule has 0 saturated carbocycles. The summed E-state index contributed by atoms with van der Waals surface area (Å²) in [5.74, 6) is 2.60. The molecule has 1 fully saturated rings. The molecule has 30 heavy (non-hydrogen) atoms. The lowest BCUT2D eigenvalue weighted by Gasteiger charge is -2.28. The largest absolute Gasteiger partial charge is 0.368 e. The van der Waals surface area contributed by atoms with Crippen LogP contribution in [0.2, 0.25) is 0 Å². The quantitative estimate of drug-likeness (QED) is 0.590. The summed E-state index contributed by atoms with van der Waals surface area (Å²) in [5, 5.41) is 7.46. The predicted octanol–water partition coefficient (Wildman–Crippen LogP) is 3.04. The van der Waals surface area contributed by atoms with Crippen LogP contribution in [-0.2, 0) is 18.3 Å². The number of benzene rings is 1. The zero-order valence-corrected chi connectivity index (χ0v) is 17.8. The third-order valence-electron chi connectivity index (χ3n) is 5.59. The zero-order valence-electron chi connectivity index (χ0n) is 17.8. The van der Waals surface area contributed by atoms with Crippen molar-refractivity contribution in [2.24, 2.45) is 7.05 Å². The maximum Gasteiger partial charge on any atom is 0.224 e. The molecule has 1 aliphatic heterocycles. The topological polar surface area (TPSA) is 75.1 Å². The minimum Gasteiger partial charge on any atom is -0.368 e. The van der Waals surface area contributed by atoms with Crippen molar-refractivity contribution in [1.82, 2.24) is 19.9 Å². The molecule has 0 spiro atoms. The first-order chi connectivity index (χ1) is 14.6. The van der Waals surface area contributed by atoms with Crippen LogP contribution in [0.3, 0.4) is 0 Å². The zero-order chi connectivity index (χ0) is 20.9. The molecule has 2 N–H and O–H groups in total. The number of para-hydroxylation sites is 1. The van der Waals surface area contributed by atoms with Crippen LogP contribution in [0.25, 0.3) is 10.9 Å². The summed E-state index contributed by atoms with van der Waals surface area (Å²) >= 11 is 0. The van der Waals surface area contributed by atoms with E-state index < -0.39 is 0 Å². The van der Waals surface area contributed by atoms with E-state index in [1.807, 2.05) is 38.4 Å². The number of carbonyl (C=O) groups excluding carboxylic acids is 1. The Morgan fingerprint density at radius 1 is 1.10 bits per heavy atom. The van der Waals surface area contributed by atoms with Gasteiger partial charge in [-0.05, 0) is 37.8 Å². The number of fused-ring (bicyclic) bond motifs is 1. The minimum absolute atomic E-state index is 0.0287. The maximum absolute atomic E-state index is 12.4. The van der Waals surface area contributed by atoms with E-state index in [0.29, 0.717) is 19.5 Å². The lowest BCUT2D eigenvalue weighted by atomic mass is 10.1. The maximum atomic E-state index is 12.4. The number of anilines is 2. The fraction of sp³-hybridized carbons (Fsp3) is 0.435. The van der Waals surface area contributed by atoms with Crippen molar-refractivity contribution in [3.8, 4) is 0 Å². The van der Waals surface area contributed by atoms with E-state index in [-0.39, 0.29) is 5.91 Å². The van der Waals surface area contributed by atoms with Gasteiger partial charge in [-0.1, -0.05) is 18.2 Å². The standard InChI is InChI=1S/C23H30N6O/c1-17-26-21(15-22(27-17)29-12-6-3-7-13-29)24-10-11-25-23(30)14-18-16-28(2)20-9-5-4-8-19(18)20/h4-5,8-9,15-16H,3,6-7,10-14H2,1-2H3,(H,25,30)(H,24,26,27). The summed E-state index contributed by atoms with van der Waals surface area (Å²) in [5.41, 5.74) is 2.20. The normalized spacial score (nSPS) is 14.1. The molecule has 1 aliphatic rings. The van der Waals surface area contributed by atoms with Gasteiger partial charge >= 0.3 is 0 Å². The van der Waals surface area contributed by atoms with Gasteiger partial charge in [0.2, 0.25) is 5.91 Å². The fourth-order valence-electron chi connectivity index (χ4n) is 4.12. The van der Waals surface area contributed by atoms with Crippen LogP contribution in [0.4, 0.5) is 11.6 Å². The number of nitrogens with one attached hydrogen (secondary N) is 2. The first-order valence-electron chi connectivity index (χ1n) is 10.7. The molecule has 3 aromatic rings. The number of nitrogens with zero attached hydrogens (tertiary/aromatic N) is 4. The number of hydrogen-bond acceptors (Lipinski definition) is 5. The molecule has 0 unspecified atom stereocenters. The predicted molar refractivity (Wildman–Crippen MR) is 121 cm³/mol. The smallest absolute Gasteiger partial charge is 0.224 e. The van der Waals surface area contributed by atoms with Crippen molar-refractivity contribution in [3.05, 3.63) is 47.9 Å². The molecule has 158 valence electrons. The Morgan fingerprint density at radius 2 is 1.90 bits per heavy atom. The van der Waals surface area contributed by atoms with Gasteiger partial charge in [-0.2, -0.15) is 0 Å². The summed E-state index contributed by atoms with van der Waals surface area (Å²) in [6.45, 7) is 5.20. The van der Waals surface area contributed by atoms with Crippen molar-refractivity contribution in [2.75, 3.05) is 36.4 Å². The van der Waals surface area contributed by atoms with Crippen LogP contribution in [0.15, 0.2) is 36.5 Å². The summed E-state index contributed by atoms with van der Waals surface area (Å²) in [6.07, 6.45) is 6.15. The molecule has 0 aliphatic carbocycles. The lowest BCUT2D eigenvalue weighted by molar-refractivity contribution is -0.120. The number of hydrogen-bond donors (Lipinski definition) is 2. The van der Waals surface area contributed by atoms with Gasteiger partial charge in [0.1, 0.15) is 17.5 Å². The Hall–Kier alpha value is -3.09. The highest BCUT2D eigenvalue weighted by molar-refractivity contribution is 5.89. The Kier molecular flexibility index (Phi) is 6.16. The van der Waals surface area contributed by atoms with E-state index in [4.69, 9.17) is 0 Å². The Balaban J connectivity index is 1.28. The summed E-state index contributed by atoms with van der Waals surface area (Å²) in [7, 11) is 2.01. The van der Waals surface area contributed by atoms with Crippen molar-refractivity contribution < 1.29 is 4.79 Å². The van der Waals surface area contributed by atoms with Crippen molar-refractivity contribution in [2.45, 2.75) is 32.6 Å². The Morgan fingerprint density at radius 3 is 2.73 bits per heavy atom. The second-order valence-corrected chi connectivity index (χ2v) is 7.94. The van der Waals surface area contributed by atoms with Crippen molar-refractivity contribution in [3.63, 3.8) is 0 Å². The number of aromatic nitrogens is 3. The molecule has 0 radical (unpaired) electrons. The van der Waals surface area contributed by atoms with Crippen molar-refractivity contribution in [1.29, 1.82) is 0 Å². The minimum atomic E-state index is 0.0287. The molecular weight excluding hydrogens is 376 g/mol. The number of carbonyl (C=O) groups is 1. The van der Waals surface area contributed by atoms with Gasteiger partial charge in [0.05, 0.1) is 6.42 Å². The summed E-state index contributed by atoms with van der Waals surface area (Å²) in [4.78, 5) is 23.8. The van der Waals surface area contributed by atoms with Crippen LogP contribution in [0.5, 0.6) is 0 Å². The molecule has 4 rings (SSSR count). The molecule has 1 saturated heterocycles. The molecule has 7 heteroatoms. The number of amides is 1. The first-order valence-corrected chi connectivity index (χ1v) is 10.7. The van der Waals surface area contributed by atoms with Gasteiger partial charge in [0, 0.05) is 56.4 Å². The van der Waals surface area contributed by atoms with E-state index in [2.05, 4.69) is 42.2 Å². The highest BCUT2D eigenvalue weighted by atomic mass is 16.1. The highest BCUT2D eigenvalue weighted by Gasteiger charge is 2.14. The summed E-state index contributed by atoms with van der Waals surface area (Å²) in [6, 6.07) is 10.2. The van der Waals surface area contributed by atoms with Gasteiger partial charge in [-0.3, -0.25) is 4.79 Å². The van der Waals surface area contributed by atoms with E-state index in [9.17, 15) is 4.79 Å². The number of aryl methyl sites for hydroxylation is 2. The van der Waals surface area contributed by atoms with E-state index in [1.165, 1.54) is 19.3 Å². The van der Waals surface area contributed by atoms with Crippen LogP contribution < -0.4 is 15.5 Å². The summed E-state index contributed by atoms with van der Waals surface area (Å²) < 4.78 is 2.07. The number of piperidine rings is 1. The Labute approximate surface area is 177 Å². The molecule has 3 heterocycles. The van der Waals surface area contributed by atoms with Gasteiger partial charge in [-0.25, -0.2) is 9.97 Å². The second-order valence-electron chi connectivity index (χ2n) is 7.94. The van der Waals surface area contributed by atoms with Crippen LogP contribution in [0.1, 0.15) is 30.7 Å². The fourth-order valence-corrected chi connectivity index (χ4v) is 4.12. The second kappa shape index (κ2) is 9.15. The van der Waals surface area contributed by atoms with E-state index in [0.717, 1.165) is 47.0 Å². The third kappa shape index (κ3) is 4.72. The molecule has 1 aromatic carbocycles. The molecule has 2 aromatic heterocycles. The lowest BCUT2D eigenvalue weighted by Crippen LogP contribution is -2.31. The van der Waals surface area contributed by atoms with Crippen LogP contribution in [-0.4, -0.2) is 46.6 Å². The molecule has 7 nitrogen and oxygen atoms in total. The monoisotopic (exact) mass is 406 g/mol. The highest BCUT2D eigenvalue weighted by Crippen LogP contribution is 2.21. The van der Waals surface area contributed by atoms with Gasteiger partial charge in [0.25, 0.3) is 0 Å². The SMILES string of the molecule is Cc1nc(NCCNC(=O)Cc2cn(C)c3ccccc23)cc(N2CCCCC2)n1. The van der Waals surface area contributed by atoms with Gasteiger partial charge < -0.3 is 20.1 Å².